The van der Waals surface area contributed by atoms with Gasteiger partial charge in [0.2, 0.25) is 11.8 Å². The summed E-state index contributed by atoms with van der Waals surface area (Å²) >= 11 is 6.28. The molecule has 0 radical (unpaired) electrons. The molecule has 6 nitrogen and oxygen atoms in total. The number of fused-ring (bicyclic) bond motifs is 1. The second-order valence-corrected chi connectivity index (χ2v) is 6.15. The van der Waals surface area contributed by atoms with Gasteiger partial charge in [-0.1, -0.05) is 23.7 Å². The molecule has 0 saturated carbocycles. The van der Waals surface area contributed by atoms with Crippen molar-refractivity contribution >= 4 is 17.5 Å². The van der Waals surface area contributed by atoms with Crippen molar-refractivity contribution in [1.29, 1.82) is 0 Å². The van der Waals surface area contributed by atoms with Crippen LogP contribution >= 0.6 is 11.6 Å². The largest absolute Gasteiger partial charge is 0.481 e. The van der Waals surface area contributed by atoms with Crippen molar-refractivity contribution in [1.82, 2.24) is 19.7 Å². The molecule has 1 aliphatic rings. The van der Waals surface area contributed by atoms with Gasteiger partial charge in [0.25, 0.3) is 0 Å². The van der Waals surface area contributed by atoms with Gasteiger partial charge in [0.1, 0.15) is 12.1 Å². The summed E-state index contributed by atoms with van der Waals surface area (Å²) < 4.78 is 21.2. The smallest absolute Gasteiger partial charge is 0.222 e. The van der Waals surface area contributed by atoms with Gasteiger partial charge in [0.05, 0.1) is 19.2 Å². The van der Waals surface area contributed by atoms with E-state index in [0.29, 0.717) is 28.8 Å². The molecule has 4 rings (SSSR count). The Kier molecular flexibility index (Phi) is 4.01. The fourth-order valence-electron chi connectivity index (χ4n) is 3.13. The van der Waals surface area contributed by atoms with Crippen LogP contribution in [0.4, 0.5) is 10.3 Å². The fourth-order valence-corrected chi connectivity index (χ4v) is 3.42. The van der Waals surface area contributed by atoms with E-state index in [1.807, 2.05) is 6.07 Å². The standard InChI is InChI=1S/C17H15ClFN5O/c1-25-15-6-5-10(8-20-15)13-7-14(24-17(23-13)21-9-22-24)16-11(18)3-2-4-12(16)19/h2-6,8-9,13-14H,7H2,1H3,(H,21,22,23). The summed E-state index contributed by atoms with van der Waals surface area (Å²) in [6.07, 6.45) is 3.74. The third-order valence-electron chi connectivity index (χ3n) is 4.33. The molecule has 1 N–H and O–H groups in total. The van der Waals surface area contributed by atoms with Crippen molar-refractivity contribution in [2.24, 2.45) is 0 Å². The van der Waals surface area contributed by atoms with E-state index in [-0.39, 0.29) is 17.9 Å². The van der Waals surface area contributed by atoms with E-state index in [0.717, 1.165) is 5.56 Å². The van der Waals surface area contributed by atoms with E-state index in [9.17, 15) is 4.39 Å². The first-order valence-corrected chi connectivity index (χ1v) is 8.15. The highest BCUT2D eigenvalue weighted by atomic mass is 35.5. The van der Waals surface area contributed by atoms with Crippen molar-refractivity contribution in [2.75, 3.05) is 12.4 Å². The second-order valence-electron chi connectivity index (χ2n) is 5.75. The van der Waals surface area contributed by atoms with Gasteiger partial charge in [-0.2, -0.15) is 10.1 Å². The lowest BCUT2D eigenvalue weighted by Gasteiger charge is -2.32. The average Bonchev–Trinajstić information content (AvgIpc) is 3.10. The molecular weight excluding hydrogens is 345 g/mol. The average molecular weight is 360 g/mol. The van der Waals surface area contributed by atoms with Gasteiger partial charge >= 0.3 is 0 Å². The van der Waals surface area contributed by atoms with Crippen LogP contribution < -0.4 is 10.1 Å². The number of benzene rings is 1. The summed E-state index contributed by atoms with van der Waals surface area (Å²) in [7, 11) is 1.57. The molecule has 1 aliphatic heterocycles. The number of nitrogens with one attached hydrogen (secondary N) is 1. The second kappa shape index (κ2) is 6.33. The predicted molar refractivity (Wildman–Crippen MR) is 91.3 cm³/mol. The molecule has 8 heteroatoms. The Morgan fingerprint density at radius 2 is 2.16 bits per heavy atom. The lowest BCUT2D eigenvalue weighted by molar-refractivity contribution is 0.395. The summed E-state index contributed by atoms with van der Waals surface area (Å²) in [6.45, 7) is 0. The quantitative estimate of drug-likeness (QED) is 0.773. The third kappa shape index (κ3) is 2.80. The van der Waals surface area contributed by atoms with Crippen LogP contribution in [0.1, 0.15) is 29.6 Å². The predicted octanol–water partition coefficient (Wildman–Crippen LogP) is 3.62. The highest BCUT2D eigenvalue weighted by Crippen LogP contribution is 2.40. The Morgan fingerprint density at radius 1 is 1.28 bits per heavy atom. The monoisotopic (exact) mass is 359 g/mol. The molecule has 0 saturated heterocycles. The van der Waals surface area contributed by atoms with Crippen LogP contribution in [0, 0.1) is 5.82 Å². The Bertz CT molecular complexity index is 878. The van der Waals surface area contributed by atoms with Gasteiger partial charge in [0.15, 0.2) is 0 Å². The van der Waals surface area contributed by atoms with Gasteiger partial charge in [0, 0.05) is 22.8 Å². The van der Waals surface area contributed by atoms with Crippen molar-refractivity contribution < 1.29 is 9.13 Å². The zero-order chi connectivity index (χ0) is 17.4. The Hall–Kier alpha value is -2.67. The number of ether oxygens (including phenoxy) is 1. The number of halogens is 2. The zero-order valence-corrected chi connectivity index (χ0v) is 14.1. The minimum Gasteiger partial charge on any atom is -0.481 e. The number of anilines is 1. The van der Waals surface area contributed by atoms with Crippen LogP contribution in [0.25, 0.3) is 0 Å². The van der Waals surface area contributed by atoms with Crippen LogP contribution in [0.2, 0.25) is 5.02 Å². The van der Waals surface area contributed by atoms with Gasteiger partial charge in [-0.3, -0.25) is 0 Å². The van der Waals surface area contributed by atoms with Crippen molar-refractivity contribution in [3.63, 3.8) is 0 Å². The molecule has 1 aromatic carbocycles. The Morgan fingerprint density at radius 3 is 2.88 bits per heavy atom. The summed E-state index contributed by atoms with van der Waals surface area (Å²) in [6, 6.07) is 7.94. The molecule has 0 amide bonds. The number of aromatic nitrogens is 4. The van der Waals surface area contributed by atoms with E-state index < -0.39 is 0 Å². The molecule has 25 heavy (non-hydrogen) atoms. The molecule has 2 unspecified atom stereocenters. The summed E-state index contributed by atoms with van der Waals surface area (Å²) in [5.41, 5.74) is 1.37. The van der Waals surface area contributed by atoms with Crippen molar-refractivity contribution in [2.45, 2.75) is 18.5 Å². The summed E-state index contributed by atoms with van der Waals surface area (Å²) in [5, 5.41) is 7.92. The van der Waals surface area contributed by atoms with E-state index >= 15 is 0 Å². The van der Waals surface area contributed by atoms with Crippen LogP contribution in [-0.2, 0) is 0 Å². The molecule has 0 aliphatic carbocycles. The van der Waals surface area contributed by atoms with Gasteiger partial charge in [-0.05, 0) is 24.1 Å². The lowest BCUT2D eigenvalue weighted by atomic mass is 9.94. The number of hydrogen-bond acceptors (Lipinski definition) is 5. The normalized spacial score (nSPS) is 19.2. The first-order chi connectivity index (χ1) is 12.2. The van der Waals surface area contributed by atoms with Crippen LogP contribution in [0.5, 0.6) is 5.88 Å². The summed E-state index contributed by atoms with van der Waals surface area (Å²) in [5.74, 6) is 0.750. The van der Waals surface area contributed by atoms with Crippen LogP contribution in [0.15, 0.2) is 42.9 Å². The highest BCUT2D eigenvalue weighted by molar-refractivity contribution is 6.31. The number of pyridine rings is 1. The fraction of sp³-hybridized carbons (Fsp3) is 0.235. The molecule has 128 valence electrons. The number of hydrogen-bond donors (Lipinski definition) is 1. The molecule has 2 aromatic heterocycles. The molecule has 3 aromatic rings. The van der Waals surface area contributed by atoms with Crippen molar-refractivity contribution in [3.8, 4) is 5.88 Å². The third-order valence-corrected chi connectivity index (χ3v) is 4.66. The first kappa shape index (κ1) is 15.8. The maximum Gasteiger partial charge on any atom is 0.222 e. The van der Waals surface area contributed by atoms with Gasteiger partial charge in [-0.25, -0.2) is 14.1 Å². The minimum atomic E-state index is -0.362. The number of methoxy groups -OCH3 is 1. The van der Waals surface area contributed by atoms with Gasteiger partial charge in [-0.15, -0.1) is 0 Å². The lowest BCUT2D eigenvalue weighted by Crippen LogP contribution is -2.28. The molecule has 3 heterocycles. The SMILES string of the molecule is COc1ccc(C2CC(c3c(F)cccc3Cl)n3ncnc3N2)cn1. The Labute approximate surface area is 148 Å². The van der Waals surface area contributed by atoms with Crippen molar-refractivity contribution in [3.05, 3.63) is 64.8 Å². The highest BCUT2D eigenvalue weighted by Gasteiger charge is 2.32. The van der Waals surface area contributed by atoms with E-state index in [1.165, 1.54) is 12.4 Å². The Balaban J connectivity index is 1.75. The van der Waals surface area contributed by atoms with Gasteiger partial charge < -0.3 is 10.1 Å². The van der Waals surface area contributed by atoms with Crippen LogP contribution in [0.3, 0.4) is 0 Å². The van der Waals surface area contributed by atoms with E-state index in [4.69, 9.17) is 16.3 Å². The zero-order valence-electron chi connectivity index (χ0n) is 13.4. The van der Waals surface area contributed by atoms with Crippen LogP contribution in [-0.4, -0.2) is 26.9 Å². The maximum atomic E-state index is 14.5. The molecule has 0 bridgehead atoms. The number of rotatable bonds is 3. The summed E-state index contributed by atoms with van der Waals surface area (Å²) in [4.78, 5) is 8.48. The molecule has 0 fully saturated rings. The topological polar surface area (TPSA) is 64.9 Å². The molecular formula is C17H15ClFN5O. The van der Waals surface area contributed by atoms with E-state index in [1.54, 1.807) is 36.2 Å². The maximum absolute atomic E-state index is 14.5. The molecule has 2 atom stereocenters. The minimum absolute atomic E-state index is 0.101. The first-order valence-electron chi connectivity index (χ1n) is 7.77. The number of nitrogens with zero attached hydrogens (tertiary/aromatic N) is 4. The molecule has 0 spiro atoms. The van der Waals surface area contributed by atoms with E-state index in [2.05, 4.69) is 20.4 Å².